The van der Waals surface area contributed by atoms with Crippen LogP contribution in [0.1, 0.15) is 13.3 Å². The van der Waals surface area contributed by atoms with Gasteiger partial charge in [0.25, 0.3) is 5.91 Å². The van der Waals surface area contributed by atoms with Crippen LogP contribution in [0.4, 0.5) is 0 Å². The molecule has 0 rings (SSSR count). The van der Waals surface area contributed by atoms with Gasteiger partial charge in [-0.25, -0.2) is 4.79 Å². The first-order chi connectivity index (χ1) is 6.47. The molecule has 6 heteroatoms. The van der Waals surface area contributed by atoms with Gasteiger partial charge in [0.1, 0.15) is 6.04 Å². The third-order valence-electron chi connectivity index (χ3n) is 1.22. The maximum atomic E-state index is 10.8. The van der Waals surface area contributed by atoms with E-state index >= 15 is 0 Å². The Kier molecular flexibility index (Phi) is 4.78. The quantitative estimate of drug-likeness (QED) is 0.506. The second-order valence-corrected chi connectivity index (χ2v) is 2.34. The molecular formula is C8H9NO5. The molecule has 0 heterocycles. The van der Waals surface area contributed by atoms with Crippen LogP contribution in [0, 0.1) is 11.8 Å². The molecule has 1 atom stereocenters. The van der Waals surface area contributed by atoms with E-state index in [0.29, 0.717) is 0 Å². The standard InChI is InChI=1S/C8H9NO5/c1-2-3-6(10)9-5(8(13)14)4-7(11)12/h5H,4H2,1H3,(H,9,10)(H,11,12)(H,13,14). The average molecular weight is 199 g/mol. The number of amides is 1. The average Bonchev–Trinajstić information content (AvgIpc) is 2.02. The predicted molar refractivity (Wildman–Crippen MR) is 45.3 cm³/mol. The van der Waals surface area contributed by atoms with Crippen LogP contribution in [0.2, 0.25) is 0 Å². The molecule has 76 valence electrons. The highest BCUT2D eigenvalue weighted by atomic mass is 16.4. The Labute approximate surface area is 79.9 Å². The molecule has 1 unspecified atom stereocenters. The summed E-state index contributed by atoms with van der Waals surface area (Å²) < 4.78 is 0. The number of carbonyl (C=O) groups is 3. The van der Waals surface area contributed by atoms with Gasteiger partial charge in [0.05, 0.1) is 6.42 Å². The van der Waals surface area contributed by atoms with Gasteiger partial charge in [-0.1, -0.05) is 5.92 Å². The van der Waals surface area contributed by atoms with Gasteiger partial charge in [-0.15, -0.1) is 0 Å². The van der Waals surface area contributed by atoms with Gasteiger partial charge in [-0.2, -0.15) is 0 Å². The maximum absolute atomic E-state index is 10.8. The Bertz CT molecular complexity index is 311. The summed E-state index contributed by atoms with van der Waals surface area (Å²) in [6.07, 6.45) is -0.674. The molecule has 0 saturated heterocycles. The Morgan fingerprint density at radius 1 is 1.36 bits per heavy atom. The summed E-state index contributed by atoms with van der Waals surface area (Å²) in [5.41, 5.74) is 0. The summed E-state index contributed by atoms with van der Waals surface area (Å²) in [5, 5.41) is 18.8. The van der Waals surface area contributed by atoms with Gasteiger partial charge in [-0.3, -0.25) is 9.59 Å². The van der Waals surface area contributed by atoms with E-state index in [1.807, 2.05) is 11.2 Å². The number of carbonyl (C=O) groups excluding carboxylic acids is 1. The van der Waals surface area contributed by atoms with Crippen LogP contribution in [-0.2, 0) is 14.4 Å². The van der Waals surface area contributed by atoms with Crippen molar-refractivity contribution >= 4 is 17.8 Å². The van der Waals surface area contributed by atoms with Crippen molar-refractivity contribution in [3.05, 3.63) is 0 Å². The summed E-state index contributed by atoms with van der Waals surface area (Å²) in [6.45, 7) is 1.41. The van der Waals surface area contributed by atoms with Crippen LogP contribution in [-0.4, -0.2) is 34.1 Å². The highest BCUT2D eigenvalue weighted by Gasteiger charge is 2.21. The summed E-state index contributed by atoms with van der Waals surface area (Å²) in [7, 11) is 0. The number of nitrogens with one attached hydrogen (secondary N) is 1. The molecule has 0 saturated carbocycles. The van der Waals surface area contributed by atoms with Crippen molar-refractivity contribution < 1.29 is 24.6 Å². The van der Waals surface area contributed by atoms with Crippen LogP contribution < -0.4 is 5.32 Å². The Morgan fingerprint density at radius 2 is 1.93 bits per heavy atom. The first-order valence-electron chi connectivity index (χ1n) is 3.65. The van der Waals surface area contributed by atoms with E-state index in [4.69, 9.17) is 10.2 Å². The lowest BCUT2D eigenvalue weighted by Crippen LogP contribution is -2.41. The van der Waals surface area contributed by atoms with E-state index < -0.39 is 30.3 Å². The fraction of sp³-hybridized carbons (Fsp3) is 0.375. The number of hydrogen-bond acceptors (Lipinski definition) is 3. The van der Waals surface area contributed by atoms with E-state index in [9.17, 15) is 14.4 Å². The highest BCUT2D eigenvalue weighted by molar-refractivity contribution is 5.96. The zero-order valence-corrected chi connectivity index (χ0v) is 7.40. The van der Waals surface area contributed by atoms with Crippen LogP contribution in [0.25, 0.3) is 0 Å². The zero-order chi connectivity index (χ0) is 11.1. The van der Waals surface area contributed by atoms with E-state index in [0.717, 1.165) is 0 Å². The molecule has 6 nitrogen and oxygen atoms in total. The fourth-order valence-electron chi connectivity index (χ4n) is 0.683. The van der Waals surface area contributed by atoms with Crippen LogP contribution in [0.5, 0.6) is 0 Å². The third-order valence-corrected chi connectivity index (χ3v) is 1.22. The molecule has 0 bridgehead atoms. The SMILES string of the molecule is CC#CC(=O)NC(CC(=O)O)C(=O)O. The Hall–Kier alpha value is -2.03. The molecule has 3 N–H and O–H groups in total. The smallest absolute Gasteiger partial charge is 0.326 e. The third kappa shape index (κ3) is 4.77. The van der Waals surface area contributed by atoms with Crippen LogP contribution in [0.15, 0.2) is 0 Å². The zero-order valence-electron chi connectivity index (χ0n) is 7.40. The second kappa shape index (κ2) is 5.59. The van der Waals surface area contributed by atoms with Gasteiger partial charge >= 0.3 is 11.9 Å². The minimum absolute atomic E-state index is 0.674. The molecule has 0 aromatic heterocycles. The Morgan fingerprint density at radius 3 is 2.29 bits per heavy atom. The highest BCUT2D eigenvalue weighted by Crippen LogP contribution is 1.92. The summed E-state index contributed by atoms with van der Waals surface area (Å²) in [5.74, 6) is 0.798. The first kappa shape index (κ1) is 12.0. The Balaban J connectivity index is 4.35. The van der Waals surface area contributed by atoms with Gasteiger partial charge in [0.2, 0.25) is 0 Å². The van der Waals surface area contributed by atoms with Crippen molar-refractivity contribution in [2.24, 2.45) is 0 Å². The van der Waals surface area contributed by atoms with E-state index in [-0.39, 0.29) is 0 Å². The fourth-order valence-corrected chi connectivity index (χ4v) is 0.683. The molecule has 0 fully saturated rings. The number of aliphatic carboxylic acids is 2. The lowest BCUT2D eigenvalue weighted by atomic mass is 10.2. The lowest BCUT2D eigenvalue weighted by Gasteiger charge is -2.08. The molecule has 0 aromatic carbocycles. The first-order valence-corrected chi connectivity index (χ1v) is 3.65. The van der Waals surface area contributed by atoms with Gasteiger partial charge in [-0.05, 0) is 12.8 Å². The van der Waals surface area contributed by atoms with Gasteiger partial charge in [0, 0.05) is 0 Å². The normalized spacial score (nSPS) is 10.6. The molecule has 0 aliphatic rings. The van der Waals surface area contributed by atoms with Crippen molar-refractivity contribution in [3.63, 3.8) is 0 Å². The van der Waals surface area contributed by atoms with E-state index in [1.54, 1.807) is 0 Å². The molecule has 0 aromatic rings. The minimum Gasteiger partial charge on any atom is -0.481 e. The molecule has 0 radical (unpaired) electrons. The summed E-state index contributed by atoms with van der Waals surface area (Å²) in [4.78, 5) is 31.4. The number of carboxylic acid groups (broad SMARTS) is 2. The van der Waals surface area contributed by atoms with Crippen molar-refractivity contribution in [3.8, 4) is 11.8 Å². The maximum Gasteiger partial charge on any atom is 0.326 e. The second-order valence-electron chi connectivity index (χ2n) is 2.34. The monoisotopic (exact) mass is 199 g/mol. The summed E-state index contributed by atoms with van der Waals surface area (Å²) in [6, 6.07) is -1.44. The molecule has 1 amide bonds. The number of hydrogen-bond donors (Lipinski definition) is 3. The van der Waals surface area contributed by atoms with Crippen LogP contribution >= 0.6 is 0 Å². The minimum atomic E-state index is -1.44. The largest absolute Gasteiger partial charge is 0.481 e. The molecule has 0 spiro atoms. The predicted octanol–water partition coefficient (Wildman–Crippen LogP) is -0.946. The van der Waals surface area contributed by atoms with Crippen molar-refractivity contribution in [2.45, 2.75) is 19.4 Å². The van der Waals surface area contributed by atoms with Gasteiger partial charge < -0.3 is 15.5 Å². The molecular weight excluding hydrogens is 190 g/mol. The topological polar surface area (TPSA) is 104 Å². The van der Waals surface area contributed by atoms with Crippen molar-refractivity contribution in [2.75, 3.05) is 0 Å². The molecule has 0 aliphatic carbocycles. The molecule has 14 heavy (non-hydrogen) atoms. The van der Waals surface area contributed by atoms with Crippen molar-refractivity contribution in [1.29, 1.82) is 0 Å². The number of rotatable bonds is 4. The number of carboxylic acids is 2. The van der Waals surface area contributed by atoms with E-state index in [2.05, 4.69) is 5.92 Å². The van der Waals surface area contributed by atoms with Gasteiger partial charge in [0.15, 0.2) is 0 Å². The van der Waals surface area contributed by atoms with Crippen molar-refractivity contribution in [1.82, 2.24) is 5.32 Å². The summed E-state index contributed by atoms with van der Waals surface area (Å²) >= 11 is 0. The van der Waals surface area contributed by atoms with Crippen LogP contribution in [0.3, 0.4) is 0 Å². The lowest BCUT2D eigenvalue weighted by molar-refractivity contribution is -0.146. The molecule has 0 aliphatic heterocycles. The van der Waals surface area contributed by atoms with E-state index in [1.165, 1.54) is 6.92 Å².